The zero-order chi connectivity index (χ0) is 7.66. The molecule has 11 heavy (non-hydrogen) atoms. The fraction of sp³-hybridized carbons (Fsp3) is 0.889. The molecule has 0 saturated carbocycles. The number of unbranched alkanes of at least 4 members (excludes halogenated alkanes) is 6. The number of hydrogen-bond acceptors (Lipinski definition) is 1. The largest absolute Gasteiger partial charge is 0.542 e. The second-order valence-corrected chi connectivity index (χ2v) is 2.66. The third-order valence-electron chi connectivity index (χ3n) is 1.63. The van der Waals surface area contributed by atoms with Crippen molar-refractivity contribution in [1.29, 1.82) is 0 Å². The quantitative estimate of drug-likeness (QED) is 0.487. The van der Waals surface area contributed by atoms with Crippen molar-refractivity contribution in [3.63, 3.8) is 0 Å². The van der Waals surface area contributed by atoms with Gasteiger partial charge >= 0.3 is 0 Å². The van der Waals surface area contributed by atoms with E-state index in [9.17, 15) is 4.79 Å². The van der Waals surface area contributed by atoms with Crippen molar-refractivity contribution in [3.05, 3.63) is 0 Å². The van der Waals surface area contributed by atoms with E-state index in [-0.39, 0.29) is 26.2 Å². The Morgan fingerprint density at radius 1 is 1.00 bits per heavy atom. The molecule has 0 heterocycles. The van der Waals surface area contributed by atoms with E-state index >= 15 is 0 Å². The average Bonchev–Trinajstić information content (AvgIpc) is 1.97. The third-order valence-corrected chi connectivity index (χ3v) is 1.63. The molecule has 0 saturated heterocycles. The summed E-state index contributed by atoms with van der Waals surface area (Å²) < 4.78 is 0. The van der Waals surface area contributed by atoms with Gasteiger partial charge in [0.2, 0.25) is 0 Å². The molecule has 0 rings (SSSR count). The normalized spacial score (nSPS) is 8.82. The van der Waals surface area contributed by atoms with Gasteiger partial charge < -0.3 is 4.79 Å². The summed E-state index contributed by atoms with van der Waals surface area (Å²) in [7, 11) is 0. The molecule has 0 aliphatic rings. The first-order valence-corrected chi connectivity index (χ1v) is 4.26. The molecule has 0 aliphatic carbocycles. The molecule has 0 bridgehead atoms. The van der Waals surface area contributed by atoms with Crippen LogP contribution in [0.1, 0.15) is 51.9 Å². The van der Waals surface area contributed by atoms with Gasteiger partial charge in [-0.15, -0.1) is 0 Å². The van der Waals surface area contributed by atoms with Crippen molar-refractivity contribution in [2.24, 2.45) is 0 Å². The zero-order valence-corrected chi connectivity index (χ0v) is 9.82. The molecule has 0 amide bonds. The Labute approximate surface area is 89.1 Å². The molecule has 0 N–H and O–H groups in total. The predicted molar refractivity (Wildman–Crippen MR) is 43.7 cm³/mol. The maximum atomic E-state index is 9.77. The maximum absolute atomic E-state index is 9.77. The van der Waals surface area contributed by atoms with E-state index in [1.165, 1.54) is 32.1 Å². The molecule has 0 atom stereocenters. The summed E-state index contributed by atoms with van der Waals surface area (Å²) in [5.74, 6) is 0. The second kappa shape index (κ2) is 13.2. The Morgan fingerprint density at radius 3 is 2.09 bits per heavy atom. The van der Waals surface area contributed by atoms with Gasteiger partial charge in [-0.25, -0.2) is 0 Å². The summed E-state index contributed by atoms with van der Waals surface area (Å²) in [5, 5.41) is 0. The first-order valence-electron chi connectivity index (χ1n) is 4.26. The van der Waals surface area contributed by atoms with Gasteiger partial charge in [-0.1, -0.05) is 45.4 Å². The minimum atomic E-state index is 0. The van der Waals surface area contributed by atoms with Gasteiger partial charge in [0.05, 0.1) is 0 Å². The summed E-state index contributed by atoms with van der Waals surface area (Å²) >= 11 is 0. The van der Waals surface area contributed by atoms with E-state index in [1.54, 1.807) is 0 Å². The SMILES string of the molecule is CCCCCCCC[C-]=O.[Zr]. The molecule has 0 spiro atoms. The fourth-order valence-corrected chi connectivity index (χ4v) is 0.977. The smallest absolute Gasteiger partial charge is 0 e. The standard InChI is InChI=1S/C9H17O.Zr/c1-2-3-4-5-6-7-8-9-10;/h2-8H2,1H3;/q-1;. The molecular weight excluding hydrogens is 215 g/mol. The van der Waals surface area contributed by atoms with Crippen molar-refractivity contribution < 1.29 is 31.0 Å². The number of hydrogen-bond donors (Lipinski definition) is 0. The van der Waals surface area contributed by atoms with E-state index < -0.39 is 0 Å². The summed E-state index contributed by atoms with van der Waals surface area (Å²) in [6, 6.07) is 0. The molecule has 0 fully saturated rings. The fourth-order valence-electron chi connectivity index (χ4n) is 0.977. The van der Waals surface area contributed by atoms with E-state index in [0.29, 0.717) is 6.42 Å². The third kappa shape index (κ3) is 13.5. The summed E-state index contributed by atoms with van der Waals surface area (Å²) in [4.78, 5) is 9.77. The number of rotatable bonds is 7. The molecule has 0 aromatic rings. The Hall–Kier alpha value is 0.553. The van der Waals surface area contributed by atoms with Crippen LogP contribution < -0.4 is 0 Å². The van der Waals surface area contributed by atoms with Crippen molar-refractivity contribution in [2.45, 2.75) is 51.9 Å². The van der Waals surface area contributed by atoms with Crippen LogP contribution in [0, 0.1) is 0 Å². The Bertz CT molecular complexity index is 74.0. The van der Waals surface area contributed by atoms with E-state index in [0.717, 1.165) is 6.42 Å². The van der Waals surface area contributed by atoms with Crippen molar-refractivity contribution in [2.75, 3.05) is 0 Å². The van der Waals surface area contributed by atoms with E-state index in [2.05, 4.69) is 6.92 Å². The minimum Gasteiger partial charge on any atom is -0.542 e. The molecule has 1 nitrogen and oxygen atoms in total. The molecule has 0 unspecified atom stereocenters. The molecular formula is C9H17OZr-. The van der Waals surface area contributed by atoms with Crippen molar-refractivity contribution in [3.8, 4) is 0 Å². The Morgan fingerprint density at radius 2 is 1.55 bits per heavy atom. The van der Waals surface area contributed by atoms with Crippen LogP contribution in [0.5, 0.6) is 0 Å². The van der Waals surface area contributed by atoms with Gasteiger partial charge in [0.1, 0.15) is 0 Å². The average molecular weight is 232 g/mol. The summed E-state index contributed by atoms with van der Waals surface area (Å²) in [6.07, 6.45) is 10.0. The molecule has 0 aromatic carbocycles. The van der Waals surface area contributed by atoms with Crippen LogP contribution in [-0.2, 0) is 31.0 Å². The molecule has 64 valence electrons. The molecule has 0 aliphatic heterocycles. The number of carbonyl (C=O) groups excluding carboxylic acids is 1. The van der Waals surface area contributed by atoms with Crippen LogP contribution >= 0.6 is 0 Å². The molecule has 2 heteroatoms. The van der Waals surface area contributed by atoms with Crippen LogP contribution in [0.2, 0.25) is 0 Å². The van der Waals surface area contributed by atoms with Gasteiger partial charge in [-0.05, 0) is 0 Å². The van der Waals surface area contributed by atoms with Crippen molar-refractivity contribution in [1.82, 2.24) is 0 Å². The molecule has 0 radical (unpaired) electrons. The van der Waals surface area contributed by atoms with E-state index in [1.807, 2.05) is 6.29 Å². The Balaban J connectivity index is 0. The van der Waals surface area contributed by atoms with Crippen molar-refractivity contribution >= 4 is 6.29 Å². The summed E-state index contributed by atoms with van der Waals surface area (Å²) in [5.41, 5.74) is 0. The first-order chi connectivity index (χ1) is 4.91. The van der Waals surface area contributed by atoms with E-state index in [4.69, 9.17) is 0 Å². The van der Waals surface area contributed by atoms with Gasteiger partial charge in [0, 0.05) is 26.2 Å². The van der Waals surface area contributed by atoms with Crippen LogP contribution in [0.4, 0.5) is 0 Å². The minimum absolute atomic E-state index is 0. The van der Waals surface area contributed by atoms with Crippen LogP contribution in [0.15, 0.2) is 0 Å². The first kappa shape index (κ1) is 14.1. The second-order valence-electron chi connectivity index (χ2n) is 2.66. The zero-order valence-electron chi connectivity index (χ0n) is 7.36. The van der Waals surface area contributed by atoms with Gasteiger partial charge in [0.25, 0.3) is 0 Å². The van der Waals surface area contributed by atoms with Gasteiger partial charge in [-0.3, -0.25) is 6.29 Å². The van der Waals surface area contributed by atoms with Gasteiger partial charge in [-0.2, -0.15) is 6.42 Å². The van der Waals surface area contributed by atoms with Crippen LogP contribution in [-0.4, -0.2) is 6.29 Å². The van der Waals surface area contributed by atoms with Crippen LogP contribution in [0.25, 0.3) is 0 Å². The monoisotopic (exact) mass is 231 g/mol. The van der Waals surface area contributed by atoms with Gasteiger partial charge in [0.15, 0.2) is 0 Å². The predicted octanol–water partition coefficient (Wildman–Crippen LogP) is 2.84. The van der Waals surface area contributed by atoms with Crippen LogP contribution in [0.3, 0.4) is 0 Å². The topological polar surface area (TPSA) is 17.1 Å². The summed E-state index contributed by atoms with van der Waals surface area (Å²) in [6.45, 7) is 2.21. The maximum Gasteiger partial charge on any atom is 0 e. The Kier molecular flexibility index (Phi) is 16.9. The molecule has 0 aromatic heterocycles.